The molecule has 0 fully saturated rings. The van der Waals surface area contributed by atoms with Crippen molar-refractivity contribution >= 4 is 5.95 Å². The smallest absolute Gasteiger partial charge is 0.330 e. The predicted molar refractivity (Wildman–Crippen MR) is 55.1 cm³/mol. The van der Waals surface area contributed by atoms with E-state index in [0.717, 1.165) is 0 Å². The van der Waals surface area contributed by atoms with Gasteiger partial charge in [0.05, 0.1) is 13.3 Å². The molecular formula is C9H9N5O2. The highest BCUT2D eigenvalue weighted by atomic mass is 16.5. The van der Waals surface area contributed by atoms with Crippen molar-refractivity contribution in [2.24, 2.45) is 0 Å². The summed E-state index contributed by atoms with van der Waals surface area (Å²) in [5.74, 6) is 0.542. The Balaban J connectivity index is 2.24. The first kappa shape index (κ1) is 10.1. The zero-order valence-electron chi connectivity index (χ0n) is 8.49. The molecule has 0 aliphatic rings. The van der Waals surface area contributed by atoms with Crippen molar-refractivity contribution in [2.75, 3.05) is 12.8 Å². The van der Waals surface area contributed by atoms with Crippen molar-refractivity contribution in [1.29, 1.82) is 0 Å². The highest BCUT2D eigenvalue weighted by Crippen LogP contribution is 2.17. The van der Waals surface area contributed by atoms with Crippen molar-refractivity contribution in [1.82, 2.24) is 19.9 Å². The maximum Gasteiger partial charge on any atom is 0.330 e. The summed E-state index contributed by atoms with van der Waals surface area (Å²) in [6.07, 6.45) is 3.17. The molecule has 7 nitrogen and oxygen atoms in total. The number of pyridine rings is 1. The molecule has 0 aromatic carbocycles. The van der Waals surface area contributed by atoms with Crippen LogP contribution in [0.1, 0.15) is 0 Å². The zero-order valence-corrected chi connectivity index (χ0v) is 8.49. The van der Waals surface area contributed by atoms with E-state index < -0.39 is 0 Å². The number of nitrogens with two attached hydrogens (primary N) is 1. The van der Waals surface area contributed by atoms with Crippen LogP contribution in [0.3, 0.4) is 0 Å². The number of hydrogen-bond acceptors (Lipinski definition) is 7. The van der Waals surface area contributed by atoms with Gasteiger partial charge in [-0.05, 0) is 12.1 Å². The lowest BCUT2D eigenvalue weighted by Crippen LogP contribution is -2.02. The van der Waals surface area contributed by atoms with Crippen LogP contribution in [-0.2, 0) is 0 Å². The standard InChI is InChI=1S/C9H9N5O2/c1-15-8-12-7(10)13-9(14-8)16-6-3-2-4-11-5-6/h2-5H,1H3,(H2,10,12,13,14). The second-order valence-electron chi connectivity index (χ2n) is 2.75. The molecule has 0 atom stereocenters. The second-order valence-corrected chi connectivity index (χ2v) is 2.75. The molecule has 0 aliphatic carbocycles. The van der Waals surface area contributed by atoms with E-state index in [1.54, 1.807) is 18.3 Å². The Hall–Kier alpha value is -2.44. The molecule has 2 aromatic rings. The first-order valence-electron chi connectivity index (χ1n) is 4.41. The monoisotopic (exact) mass is 219 g/mol. The van der Waals surface area contributed by atoms with Crippen molar-refractivity contribution < 1.29 is 9.47 Å². The van der Waals surface area contributed by atoms with Gasteiger partial charge in [-0.1, -0.05) is 0 Å². The van der Waals surface area contributed by atoms with Crippen LogP contribution in [0.5, 0.6) is 17.8 Å². The van der Waals surface area contributed by atoms with E-state index in [4.69, 9.17) is 15.2 Å². The zero-order chi connectivity index (χ0) is 11.4. The van der Waals surface area contributed by atoms with Gasteiger partial charge in [0, 0.05) is 6.20 Å². The number of anilines is 1. The number of aromatic nitrogens is 4. The lowest BCUT2D eigenvalue weighted by Gasteiger charge is -2.04. The first-order chi connectivity index (χ1) is 7.78. The van der Waals surface area contributed by atoms with Crippen molar-refractivity contribution in [3.05, 3.63) is 24.5 Å². The lowest BCUT2D eigenvalue weighted by atomic mass is 10.5. The molecule has 0 spiro atoms. The lowest BCUT2D eigenvalue weighted by molar-refractivity contribution is 0.360. The van der Waals surface area contributed by atoms with Gasteiger partial charge in [-0.3, -0.25) is 4.98 Å². The van der Waals surface area contributed by atoms with Crippen molar-refractivity contribution in [2.45, 2.75) is 0 Å². The maximum absolute atomic E-state index is 5.45. The molecule has 2 heterocycles. The minimum atomic E-state index is 0.0331. The summed E-state index contributed by atoms with van der Waals surface area (Å²) in [6, 6.07) is 3.63. The number of nitrogens with zero attached hydrogens (tertiary/aromatic N) is 4. The Morgan fingerprint density at radius 1 is 1.19 bits per heavy atom. The third-order valence-electron chi connectivity index (χ3n) is 1.64. The summed E-state index contributed by atoms with van der Waals surface area (Å²) in [4.78, 5) is 15.3. The molecule has 16 heavy (non-hydrogen) atoms. The Bertz CT molecular complexity index is 477. The van der Waals surface area contributed by atoms with E-state index in [1.165, 1.54) is 13.3 Å². The van der Waals surface area contributed by atoms with Crippen LogP contribution in [0, 0.1) is 0 Å². The topological polar surface area (TPSA) is 96.0 Å². The van der Waals surface area contributed by atoms with Gasteiger partial charge >= 0.3 is 12.0 Å². The summed E-state index contributed by atoms with van der Waals surface area (Å²) in [5, 5.41) is 0. The largest absolute Gasteiger partial charge is 0.467 e. The van der Waals surface area contributed by atoms with Crippen LogP contribution in [0.25, 0.3) is 0 Å². The minimum absolute atomic E-state index is 0.0331. The van der Waals surface area contributed by atoms with Crippen LogP contribution in [0.4, 0.5) is 5.95 Å². The summed E-state index contributed by atoms with van der Waals surface area (Å²) >= 11 is 0. The molecule has 0 radical (unpaired) electrons. The average Bonchev–Trinajstić information content (AvgIpc) is 2.29. The third kappa shape index (κ3) is 2.32. The number of nitrogen functional groups attached to an aromatic ring is 1. The molecule has 2 N–H and O–H groups in total. The summed E-state index contributed by atoms with van der Waals surface area (Å²) in [6.45, 7) is 0. The molecule has 0 saturated carbocycles. The predicted octanol–water partition coefficient (Wildman–Crippen LogP) is 0.650. The molecule has 0 bridgehead atoms. The summed E-state index contributed by atoms with van der Waals surface area (Å²) in [5.41, 5.74) is 5.45. The van der Waals surface area contributed by atoms with Gasteiger partial charge in [-0.15, -0.1) is 4.98 Å². The number of ether oxygens (including phenoxy) is 2. The highest BCUT2D eigenvalue weighted by Gasteiger charge is 2.06. The summed E-state index contributed by atoms with van der Waals surface area (Å²) in [7, 11) is 1.43. The van der Waals surface area contributed by atoms with Gasteiger partial charge in [0.1, 0.15) is 5.75 Å². The van der Waals surface area contributed by atoms with Gasteiger partial charge in [-0.2, -0.15) is 9.97 Å². The Morgan fingerprint density at radius 2 is 2.00 bits per heavy atom. The van der Waals surface area contributed by atoms with Crippen LogP contribution < -0.4 is 15.2 Å². The maximum atomic E-state index is 5.45. The molecule has 82 valence electrons. The van der Waals surface area contributed by atoms with Gasteiger partial charge < -0.3 is 15.2 Å². The van der Waals surface area contributed by atoms with Gasteiger partial charge in [-0.25, -0.2) is 0 Å². The SMILES string of the molecule is COc1nc(N)nc(Oc2cccnc2)n1. The second kappa shape index (κ2) is 4.39. The fourth-order valence-electron chi connectivity index (χ4n) is 1.00. The molecule has 0 amide bonds. The van der Waals surface area contributed by atoms with E-state index >= 15 is 0 Å². The minimum Gasteiger partial charge on any atom is -0.467 e. The van der Waals surface area contributed by atoms with E-state index in [9.17, 15) is 0 Å². The number of hydrogen-bond donors (Lipinski definition) is 1. The van der Waals surface area contributed by atoms with Gasteiger partial charge in [0.25, 0.3) is 0 Å². The fourth-order valence-corrected chi connectivity index (χ4v) is 1.00. The number of rotatable bonds is 3. The molecule has 2 rings (SSSR count). The van der Waals surface area contributed by atoms with Gasteiger partial charge in [0.15, 0.2) is 0 Å². The molecule has 7 heteroatoms. The molecule has 2 aromatic heterocycles. The quantitative estimate of drug-likeness (QED) is 0.809. The van der Waals surface area contributed by atoms with Crippen molar-refractivity contribution in [3.63, 3.8) is 0 Å². The molecule has 0 aliphatic heterocycles. The molecular weight excluding hydrogens is 210 g/mol. The number of methoxy groups -OCH3 is 1. The Kier molecular flexibility index (Phi) is 2.77. The highest BCUT2D eigenvalue weighted by molar-refractivity contribution is 5.24. The van der Waals surface area contributed by atoms with E-state index in [0.29, 0.717) is 5.75 Å². The van der Waals surface area contributed by atoms with E-state index in [1.807, 2.05) is 0 Å². The van der Waals surface area contributed by atoms with Gasteiger partial charge in [0.2, 0.25) is 5.95 Å². The third-order valence-corrected chi connectivity index (χ3v) is 1.64. The Labute approximate surface area is 91.3 Å². The van der Waals surface area contributed by atoms with Crippen LogP contribution >= 0.6 is 0 Å². The van der Waals surface area contributed by atoms with Crippen LogP contribution in [0.15, 0.2) is 24.5 Å². The normalized spacial score (nSPS) is 9.81. The van der Waals surface area contributed by atoms with Crippen LogP contribution in [-0.4, -0.2) is 27.0 Å². The van der Waals surface area contributed by atoms with Crippen LogP contribution in [0.2, 0.25) is 0 Å². The first-order valence-corrected chi connectivity index (χ1v) is 4.41. The molecule has 0 unspecified atom stereocenters. The Morgan fingerprint density at radius 3 is 2.69 bits per heavy atom. The van der Waals surface area contributed by atoms with Crippen molar-refractivity contribution in [3.8, 4) is 17.8 Å². The van der Waals surface area contributed by atoms with E-state index in [2.05, 4.69) is 19.9 Å². The van der Waals surface area contributed by atoms with E-state index in [-0.39, 0.29) is 18.0 Å². The fraction of sp³-hybridized carbons (Fsp3) is 0.111. The average molecular weight is 219 g/mol. The summed E-state index contributed by atoms with van der Waals surface area (Å²) < 4.78 is 10.2. The molecule has 0 saturated heterocycles.